The highest BCUT2D eigenvalue weighted by molar-refractivity contribution is 5.80. The fourth-order valence-corrected chi connectivity index (χ4v) is 3.47. The number of benzene rings is 1. The van der Waals surface area contributed by atoms with E-state index in [1.54, 1.807) is 0 Å². The van der Waals surface area contributed by atoms with Crippen molar-refractivity contribution in [2.45, 2.75) is 64.1 Å². The van der Waals surface area contributed by atoms with Gasteiger partial charge in [-0.3, -0.25) is 0 Å². The molecule has 28 heavy (non-hydrogen) atoms. The van der Waals surface area contributed by atoms with Gasteiger partial charge in [0.25, 0.3) is 0 Å². The van der Waals surface area contributed by atoms with Crippen LogP contribution in [0.5, 0.6) is 0 Å². The lowest BCUT2D eigenvalue weighted by Crippen LogP contribution is -2.42. The smallest absolute Gasteiger partial charge is 0.410 e. The lowest BCUT2D eigenvalue weighted by atomic mass is 10.2. The van der Waals surface area contributed by atoms with Gasteiger partial charge >= 0.3 is 6.09 Å². The fraction of sp³-hybridized carbons (Fsp3) is 0.571. The Morgan fingerprint density at radius 1 is 1.14 bits per heavy atom. The third kappa shape index (κ3) is 4.46. The van der Waals surface area contributed by atoms with Gasteiger partial charge in [0.2, 0.25) is 0 Å². The summed E-state index contributed by atoms with van der Waals surface area (Å²) in [6, 6.07) is 8.47. The highest BCUT2D eigenvalue weighted by Gasteiger charge is 2.32. The topological polar surface area (TPSA) is 79.4 Å². The van der Waals surface area contributed by atoms with Gasteiger partial charge in [0.15, 0.2) is 11.6 Å². The molecule has 2 heterocycles. The number of carbonyl (C=O) groups excluding carboxylic acids is 1. The summed E-state index contributed by atoms with van der Waals surface area (Å²) in [6.07, 6.45) is 4.05. The molecule has 1 saturated carbocycles. The molecule has 1 aliphatic heterocycles. The first-order valence-corrected chi connectivity index (χ1v) is 10.2. The molecule has 2 aromatic rings. The predicted molar refractivity (Wildman–Crippen MR) is 111 cm³/mol. The van der Waals surface area contributed by atoms with Crippen LogP contribution < -0.4 is 10.6 Å². The number of carbonyl (C=O) groups is 1. The number of hydrogen-bond acceptors (Lipinski definition) is 6. The Morgan fingerprint density at radius 2 is 1.82 bits per heavy atom. The van der Waals surface area contributed by atoms with E-state index in [-0.39, 0.29) is 12.1 Å². The van der Waals surface area contributed by atoms with E-state index < -0.39 is 5.60 Å². The minimum Gasteiger partial charge on any atom is -0.444 e. The van der Waals surface area contributed by atoms with Gasteiger partial charge < -0.3 is 20.3 Å². The van der Waals surface area contributed by atoms with Crippen LogP contribution in [0.2, 0.25) is 0 Å². The van der Waals surface area contributed by atoms with Crippen LogP contribution >= 0.6 is 0 Å². The Bertz CT molecular complexity index is 859. The van der Waals surface area contributed by atoms with Crippen molar-refractivity contribution < 1.29 is 9.53 Å². The molecule has 1 atom stereocenters. The van der Waals surface area contributed by atoms with Crippen molar-refractivity contribution in [3.05, 3.63) is 24.3 Å². The maximum absolute atomic E-state index is 12.5. The van der Waals surface area contributed by atoms with Crippen molar-refractivity contribution in [1.29, 1.82) is 0 Å². The number of nitrogens with zero attached hydrogens (tertiary/aromatic N) is 3. The summed E-state index contributed by atoms with van der Waals surface area (Å²) in [7, 11) is 0. The second-order valence-electron chi connectivity index (χ2n) is 8.68. The number of para-hydroxylation sites is 2. The van der Waals surface area contributed by atoms with Crippen molar-refractivity contribution >= 4 is 28.8 Å². The van der Waals surface area contributed by atoms with E-state index in [9.17, 15) is 4.79 Å². The van der Waals surface area contributed by atoms with Gasteiger partial charge in [-0.15, -0.1) is 0 Å². The van der Waals surface area contributed by atoms with Crippen LogP contribution in [0.1, 0.15) is 46.5 Å². The van der Waals surface area contributed by atoms with E-state index in [2.05, 4.69) is 10.6 Å². The molecule has 2 N–H and O–H groups in total. The molecule has 4 rings (SSSR count). The van der Waals surface area contributed by atoms with Crippen LogP contribution in [-0.2, 0) is 4.74 Å². The third-order valence-electron chi connectivity index (χ3n) is 5.00. The van der Waals surface area contributed by atoms with Crippen LogP contribution in [0.4, 0.5) is 16.4 Å². The third-order valence-corrected chi connectivity index (χ3v) is 5.00. The number of rotatable bonds is 5. The number of hydrogen-bond donors (Lipinski definition) is 2. The highest BCUT2D eigenvalue weighted by Crippen LogP contribution is 2.29. The van der Waals surface area contributed by atoms with Crippen LogP contribution in [0.3, 0.4) is 0 Å². The van der Waals surface area contributed by atoms with E-state index in [4.69, 9.17) is 14.7 Å². The Hall–Kier alpha value is -2.57. The first-order chi connectivity index (χ1) is 13.4. The standard InChI is InChI=1S/C21H29N5O2/c1-21(2,3)28-20(27)26-12-6-7-15(26)13-22-18-19(23-14-10-11-14)25-17-9-5-4-8-16(17)24-18/h4-5,8-9,14-15H,6-7,10-13H2,1-3H3,(H,22,24)(H,23,25). The molecule has 2 aliphatic rings. The summed E-state index contributed by atoms with van der Waals surface area (Å²) < 4.78 is 5.57. The normalized spacial score (nSPS) is 19.7. The van der Waals surface area contributed by atoms with Gasteiger partial charge in [-0.05, 0) is 58.6 Å². The summed E-state index contributed by atoms with van der Waals surface area (Å²) >= 11 is 0. The van der Waals surface area contributed by atoms with Gasteiger partial charge in [0.05, 0.1) is 17.1 Å². The number of aromatic nitrogens is 2. The lowest BCUT2D eigenvalue weighted by Gasteiger charge is -2.29. The molecule has 0 bridgehead atoms. The zero-order chi connectivity index (χ0) is 19.7. The number of ether oxygens (including phenoxy) is 1. The Kier molecular flexibility index (Phi) is 5.00. The van der Waals surface area contributed by atoms with Crippen molar-refractivity contribution in [3.63, 3.8) is 0 Å². The molecule has 1 aliphatic carbocycles. The summed E-state index contributed by atoms with van der Waals surface area (Å²) in [5.41, 5.74) is 1.26. The summed E-state index contributed by atoms with van der Waals surface area (Å²) in [5.74, 6) is 1.55. The second-order valence-corrected chi connectivity index (χ2v) is 8.68. The molecule has 1 aromatic carbocycles. The number of anilines is 2. The van der Waals surface area contributed by atoms with E-state index in [0.717, 1.165) is 42.1 Å². The first-order valence-electron chi connectivity index (χ1n) is 10.2. The van der Waals surface area contributed by atoms with E-state index in [1.807, 2.05) is 49.9 Å². The monoisotopic (exact) mass is 383 g/mol. The molecule has 0 radical (unpaired) electrons. The van der Waals surface area contributed by atoms with Crippen LogP contribution in [-0.4, -0.2) is 51.7 Å². The van der Waals surface area contributed by atoms with Crippen molar-refractivity contribution in [3.8, 4) is 0 Å². The maximum atomic E-state index is 12.5. The SMILES string of the molecule is CC(C)(C)OC(=O)N1CCCC1CNc1nc2ccccc2nc1NC1CC1. The largest absolute Gasteiger partial charge is 0.444 e. The number of nitrogens with one attached hydrogen (secondary N) is 2. The minimum absolute atomic E-state index is 0.0943. The molecular formula is C21H29N5O2. The molecular weight excluding hydrogens is 354 g/mol. The average molecular weight is 383 g/mol. The molecule has 1 aromatic heterocycles. The van der Waals surface area contributed by atoms with Crippen molar-refractivity contribution in [2.75, 3.05) is 23.7 Å². The molecule has 2 fully saturated rings. The zero-order valence-electron chi connectivity index (χ0n) is 16.9. The van der Waals surface area contributed by atoms with Crippen LogP contribution in [0.25, 0.3) is 11.0 Å². The van der Waals surface area contributed by atoms with Gasteiger partial charge in [0.1, 0.15) is 5.60 Å². The number of fused-ring (bicyclic) bond motifs is 1. The first kappa shape index (κ1) is 18.8. The van der Waals surface area contributed by atoms with E-state index in [1.165, 1.54) is 12.8 Å². The quantitative estimate of drug-likeness (QED) is 0.812. The Morgan fingerprint density at radius 3 is 2.46 bits per heavy atom. The molecule has 7 nitrogen and oxygen atoms in total. The van der Waals surface area contributed by atoms with Gasteiger partial charge in [-0.25, -0.2) is 14.8 Å². The van der Waals surface area contributed by atoms with Gasteiger partial charge in [0, 0.05) is 19.1 Å². The number of likely N-dealkylation sites (tertiary alicyclic amines) is 1. The maximum Gasteiger partial charge on any atom is 0.410 e. The van der Waals surface area contributed by atoms with E-state index >= 15 is 0 Å². The Labute approximate surface area is 165 Å². The molecule has 1 unspecified atom stereocenters. The predicted octanol–water partition coefficient (Wildman–Crippen LogP) is 4.02. The van der Waals surface area contributed by atoms with Crippen molar-refractivity contribution in [2.24, 2.45) is 0 Å². The zero-order valence-corrected chi connectivity index (χ0v) is 16.9. The lowest BCUT2D eigenvalue weighted by molar-refractivity contribution is 0.0235. The summed E-state index contributed by atoms with van der Waals surface area (Å²) in [5, 5.41) is 6.92. The van der Waals surface area contributed by atoms with Crippen LogP contribution in [0, 0.1) is 0 Å². The fourth-order valence-electron chi connectivity index (χ4n) is 3.47. The molecule has 7 heteroatoms. The summed E-state index contributed by atoms with van der Waals surface area (Å²) in [6.45, 7) is 7.06. The molecule has 150 valence electrons. The van der Waals surface area contributed by atoms with Gasteiger partial charge in [-0.2, -0.15) is 0 Å². The minimum atomic E-state index is -0.483. The number of amides is 1. The second kappa shape index (κ2) is 7.45. The Balaban J connectivity index is 1.48. The van der Waals surface area contributed by atoms with Crippen LogP contribution in [0.15, 0.2) is 24.3 Å². The highest BCUT2D eigenvalue weighted by atomic mass is 16.6. The summed E-state index contributed by atoms with van der Waals surface area (Å²) in [4.78, 5) is 23.9. The molecule has 1 amide bonds. The van der Waals surface area contributed by atoms with E-state index in [0.29, 0.717) is 12.6 Å². The molecule has 0 spiro atoms. The molecule has 1 saturated heterocycles. The van der Waals surface area contributed by atoms with Crippen molar-refractivity contribution in [1.82, 2.24) is 14.9 Å². The van der Waals surface area contributed by atoms with Gasteiger partial charge in [-0.1, -0.05) is 12.1 Å². The average Bonchev–Trinajstić information content (AvgIpc) is 3.32.